The standard InChI is InChI=1S/C15H19N5OS/c1-12(13-4-2-11-22-13)18-15(21)20-9-7-19(8-10-20)14-16-5-3-6-17-14/h2-6,11-12H,7-10H2,1H3,(H,18,21)/t12-/m1/s1. The molecule has 1 aliphatic heterocycles. The zero-order chi connectivity index (χ0) is 15.4. The van der Waals surface area contributed by atoms with Gasteiger partial charge in [0.25, 0.3) is 0 Å². The Labute approximate surface area is 133 Å². The maximum absolute atomic E-state index is 12.3. The predicted molar refractivity (Wildman–Crippen MR) is 87.1 cm³/mol. The third-order valence-corrected chi connectivity index (χ3v) is 4.77. The molecule has 6 nitrogen and oxygen atoms in total. The molecule has 2 aromatic rings. The zero-order valence-electron chi connectivity index (χ0n) is 12.5. The van der Waals surface area contributed by atoms with Gasteiger partial charge in [-0.1, -0.05) is 6.07 Å². The molecule has 2 amide bonds. The molecule has 1 N–H and O–H groups in total. The van der Waals surface area contributed by atoms with E-state index in [2.05, 4.69) is 20.2 Å². The van der Waals surface area contributed by atoms with Crippen LogP contribution in [0.15, 0.2) is 36.0 Å². The molecule has 1 saturated heterocycles. The average Bonchev–Trinajstić information content (AvgIpc) is 3.10. The summed E-state index contributed by atoms with van der Waals surface area (Å²) in [6, 6.07) is 5.89. The Bertz CT molecular complexity index is 596. The number of urea groups is 1. The minimum absolute atomic E-state index is 0.00506. The normalized spacial score (nSPS) is 16.4. The van der Waals surface area contributed by atoms with Crippen LogP contribution in [0.5, 0.6) is 0 Å². The number of carbonyl (C=O) groups excluding carboxylic acids is 1. The second-order valence-electron chi connectivity index (χ2n) is 5.21. The molecule has 0 bridgehead atoms. The van der Waals surface area contributed by atoms with Crippen LogP contribution in [-0.4, -0.2) is 47.1 Å². The van der Waals surface area contributed by atoms with Crippen molar-refractivity contribution in [3.63, 3.8) is 0 Å². The van der Waals surface area contributed by atoms with Crippen LogP contribution >= 0.6 is 11.3 Å². The fraction of sp³-hybridized carbons (Fsp3) is 0.400. The molecule has 1 atom stereocenters. The Morgan fingerprint density at radius 3 is 2.59 bits per heavy atom. The van der Waals surface area contributed by atoms with Crippen LogP contribution in [-0.2, 0) is 0 Å². The molecule has 0 radical (unpaired) electrons. The Morgan fingerprint density at radius 1 is 1.23 bits per heavy atom. The number of hydrogen-bond acceptors (Lipinski definition) is 5. The Kier molecular flexibility index (Phi) is 4.53. The Balaban J connectivity index is 1.52. The molecule has 0 aromatic carbocycles. The summed E-state index contributed by atoms with van der Waals surface area (Å²) in [7, 11) is 0. The van der Waals surface area contributed by atoms with Crippen molar-refractivity contribution in [1.82, 2.24) is 20.2 Å². The Hall–Kier alpha value is -2.15. The number of thiophene rings is 1. The minimum Gasteiger partial charge on any atom is -0.337 e. The lowest BCUT2D eigenvalue weighted by atomic mass is 10.3. The fourth-order valence-corrected chi connectivity index (χ4v) is 3.18. The van der Waals surface area contributed by atoms with Gasteiger partial charge < -0.3 is 15.1 Å². The monoisotopic (exact) mass is 317 g/mol. The molecular weight excluding hydrogens is 298 g/mol. The predicted octanol–water partition coefficient (Wildman–Crippen LogP) is 2.13. The molecule has 3 rings (SSSR count). The van der Waals surface area contributed by atoms with Gasteiger partial charge >= 0.3 is 6.03 Å². The Morgan fingerprint density at radius 2 is 1.95 bits per heavy atom. The molecule has 22 heavy (non-hydrogen) atoms. The van der Waals surface area contributed by atoms with E-state index in [1.807, 2.05) is 29.3 Å². The van der Waals surface area contributed by atoms with Crippen LogP contribution in [0.3, 0.4) is 0 Å². The van der Waals surface area contributed by atoms with E-state index in [1.165, 1.54) is 4.88 Å². The first-order valence-corrected chi connectivity index (χ1v) is 8.23. The molecule has 7 heteroatoms. The number of nitrogens with one attached hydrogen (secondary N) is 1. The van der Waals surface area contributed by atoms with Gasteiger partial charge in [0.1, 0.15) is 0 Å². The number of rotatable bonds is 3. The number of nitrogens with zero attached hydrogens (tertiary/aromatic N) is 4. The smallest absolute Gasteiger partial charge is 0.318 e. The van der Waals surface area contributed by atoms with Gasteiger partial charge in [0, 0.05) is 43.4 Å². The van der Waals surface area contributed by atoms with Crippen molar-refractivity contribution >= 4 is 23.3 Å². The number of carbonyl (C=O) groups is 1. The van der Waals surface area contributed by atoms with E-state index in [4.69, 9.17) is 0 Å². The quantitative estimate of drug-likeness (QED) is 0.942. The largest absolute Gasteiger partial charge is 0.337 e. The van der Waals surface area contributed by atoms with E-state index in [9.17, 15) is 4.79 Å². The number of piperazine rings is 1. The highest BCUT2D eigenvalue weighted by atomic mass is 32.1. The maximum Gasteiger partial charge on any atom is 0.318 e. The van der Waals surface area contributed by atoms with E-state index >= 15 is 0 Å². The lowest BCUT2D eigenvalue weighted by Gasteiger charge is -2.35. The van der Waals surface area contributed by atoms with Crippen molar-refractivity contribution in [2.45, 2.75) is 13.0 Å². The highest BCUT2D eigenvalue weighted by Gasteiger charge is 2.23. The van der Waals surface area contributed by atoms with Crippen LogP contribution in [0.2, 0.25) is 0 Å². The van der Waals surface area contributed by atoms with Gasteiger partial charge in [-0.05, 0) is 24.4 Å². The molecule has 0 unspecified atom stereocenters. The molecule has 1 fully saturated rings. The van der Waals surface area contributed by atoms with E-state index in [0.29, 0.717) is 13.1 Å². The van der Waals surface area contributed by atoms with Gasteiger partial charge in [0.15, 0.2) is 0 Å². The summed E-state index contributed by atoms with van der Waals surface area (Å²) in [4.78, 5) is 25.9. The van der Waals surface area contributed by atoms with Gasteiger partial charge in [-0.2, -0.15) is 0 Å². The van der Waals surface area contributed by atoms with Gasteiger partial charge in [0.05, 0.1) is 6.04 Å². The highest BCUT2D eigenvalue weighted by molar-refractivity contribution is 7.10. The minimum atomic E-state index is -0.00506. The third-order valence-electron chi connectivity index (χ3n) is 3.71. The third kappa shape index (κ3) is 3.36. The summed E-state index contributed by atoms with van der Waals surface area (Å²) >= 11 is 1.66. The first-order valence-electron chi connectivity index (χ1n) is 7.35. The summed E-state index contributed by atoms with van der Waals surface area (Å²) in [5.74, 6) is 0.731. The summed E-state index contributed by atoms with van der Waals surface area (Å²) < 4.78 is 0. The van der Waals surface area contributed by atoms with Crippen molar-refractivity contribution in [2.75, 3.05) is 31.1 Å². The maximum atomic E-state index is 12.3. The molecule has 3 heterocycles. The highest BCUT2D eigenvalue weighted by Crippen LogP contribution is 2.18. The van der Waals surface area contributed by atoms with Crippen LogP contribution in [0.1, 0.15) is 17.8 Å². The number of anilines is 1. The van der Waals surface area contributed by atoms with Crippen LogP contribution in [0, 0.1) is 0 Å². The van der Waals surface area contributed by atoms with Gasteiger partial charge in [-0.15, -0.1) is 11.3 Å². The average molecular weight is 317 g/mol. The van der Waals surface area contributed by atoms with Gasteiger partial charge in [-0.3, -0.25) is 0 Å². The van der Waals surface area contributed by atoms with Crippen LogP contribution in [0.4, 0.5) is 10.7 Å². The summed E-state index contributed by atoms with van der Waals surface area (Å²) in [6.45, 7) is 4.88. The first-order chi connectivity index (χ1) is 10.7. The number of aromatic nitrogens is 2. The fourth-order valence-electron chi connectivity index (χ4n) is 2.45. The summed E-state index contributed by atoms with van der Waals surface area (Å²) in [5, 5.41) is 5.08. The lowest BCUT2D eigenvalue weighted by molar-refractivity contribution is 0.191. The lowest BCUT2D eigenvalue weighted by Crippen LogP contribution is -2.52. The molecule has 0 spiro atoms. The van der Waals surface area contributed by atoms with E-state index in [0.717, 1.165) is 19.0 Å². The second kappa shape index (κ2) is 6.74. The zero-order valence-corrected chi connectivity index (χ0v) is 13.3. The van der Waals surface area contributed by atoms with Crippen molar-refractivity contribution in [1.29, 1.82) is 0 Å². The molecule has 0 aliphatic carbocycles. The summed E-state index contributed by atoms with van der Waals surface area (Å²) in [6.07, 6.45) is 3.48. The number of hydrogen-bond donors (Lipinski definition) is 1. The van der Waals surface area contributed by atoms with E-state index in [-0.39, 0.29) is 12.1 Å². The van der Waals surface area contributed by atoms with Crippen LogP contribution < -0.4 is 10.2 Å². The van der Waals surface area contributed by atoms with Gasteiger partial charge in [-0.25, -0.2) is 14.8 Å². The molecule has 0 saturated carbocycles. The van der Waals surface area contributed by atoms with Crippen molar-refractivity contribution in [3.8, 4) is 0 Å². The van der Waals surface area contributed by atoms with E-state index < -0.39 is 0 Å². The van der Waals surface area contributed by atoms with Crippen molar-refractivity contribution < 1.29 is 4.79 Å². The van der Waals surface area contributed by atoms with Gasteiger partial charge in [0.2, 0.25) is 5.95 Å². The number of amides is 2. The van der Waals surface area contributed by atoms with Crippen LogP contribution in [0.25, 0.3) is 0 Å². The first kappa shape index (κ1) is 14.8. The van der Waals surface area contributed by atoms with E-state index in [1.54, 1.807) is 29.8 Å². The van der Waals surface area contributed by atoms with Crippen molar-refractivity contribution in [3.05, 3.63) is 40.8 Å². The molecule has 2 aromatic heterocycles. The SMILES string of the molecule is C[C@@H](NC(=O)N1CCN(c2ncccn2)CC1)c1cccs1. The second-order valence-corrected chi connectivity index (χ2v) is 6.19. The van der Waals surface area contributed by atoms with Crippen molar-refractivity contribution in [2.24, 2.45) is 0 Å². The topological polar surface area (TPSA) is 61.4 Å². The molecule has 116 valence electrons. The molecule has 1 aliphatic rings. The molecular formula is C15H19N5OS. The summed E-state index contributed by atoms with van der Waals surface area (Å²) in [5.41, 5.74) is 0.